The number of fused-ring (bicyclic) bond motifs is 1. The molecule has 1 N–H and O–H groups in total. The van der Waals surface area contributed by atoms with Crippen molar-refractivity contribution in [2.24, 2.45) is 0 Å². The highest BCUT2D eigenvalue weighted by Crippen LogP contribution is 2.20. The van der Waals surface area contributed by atoms with Crippen LogP contribution in [0.5, 0.6) is 0 Å². The first-order valence-corrected chi connectivity index (χ1v) is 8.22. The summed E-state index contributed by atoms with van der Waals surface area (Å²) < 4.78 is 5.74. The molecular weight excluding hydrogens is 288 g/mol. The quantitative estimate of drug-likeness (QED) is 0.945. The fourth-order valence-corrected chi connectivity index (χ4v) is 3.21. The van der Waals surface area contributed by atoms with Crippen LogP contribution in [0.3, 0.4) is 0 Å². The predicted molar refractivity (Wildman–Crippen MR) is 93.6 cm³/mol. The van der Waals surface area contributed by atoms with Gasteiger partial charge in [-0.3, -0.25) is 9.69 Å². The number of ether oxygens (including phenoxy) is 1. The Kier molecular flexibility index (Phi) is 4.64. The van der Waals surface area contributed by atoms with E-state index in [0.717, 1.165) is 24.2 Å². The lowest BCUT2D eigenvalue weighted by atomic mass is 10.1. The fraction of sp³-hybridized carbons (Fsp3) is 0.421. The zero-order valence-corrected chi connectivity index (χ0v) is 14.0. The molecule has 1 saturated heterocycles. The number of hydrogen-bond donors (Lipinski definition) is 1. The van der Waals surface area contributed by atoms with E-state index in [1.54, 1.807) is 0 Å². The van der Waals surface area contributed by atoms with Crippen molar-refractivity contribution < 1.29 is 9.53 Å². The van der Waals surface area contributed by atoms with Gasteiger partial charge < -0.3 is 10.1 Å². The van der Waals surface area contributed by atoms with E-state index in [9.17, 15) is 4.79 Å². The van der Waals surface area contributed by atoms with Crippen LogP contribution in [0, 0.1) is 0 Å². The number of anilines is 1. The highest BCUT2D eigenvalue weighted by molar-refractivity contribution is 5.97. The van der Waals surface area contributed by atoms with Crippen LogP contribution in [-0.4, -0.2) is 42.1 Å². The van der Waals surface area contributed by atoms with Gasteiger partial charge in [0, 0.05) is 18.8 Å². The Morgan fingerprint density at radius 3 is 2.48 bits per heavy atom. The largest absolute Gasteiger partial charge is 0.373 e. The molecule has 2 aromatic carbocycles. The van der Waals surface area contributed by atoms with Crippen LogP contribution in [0.4, 0.5) is 5.69 Å². The fourth-order valence-electron chi connectivity index (χ4n) is 3.21. The second kappa shape index (κ2) is 6.69. The molecule has 23 heavy (non-hydrogen) atoms. The number of carbonyl (C=O) groups excluding carboxylic acids is 1. The number of nitrogens with zero attached hydrogens (tertiary/aromatic N) is 1. The van der Waals surface area contributed by atoms with Crippen LogP contribution in [0.25, 0.3) is 10.8 Å². The number of carbonyl (C=O) groups is 1. The normalized spacial score (nSPS) is 23.6. The molecule has 1 aliphatic rings. The molecule has 122 valence electrons. The molecule has 0 aliphatic carbocycles. The average molecular weight is 312 g/mol. The van der Waals surface area contributed by atoms with Crippen LogP contribution in [0.1, 0.15) is 20.8 Å². The molecule has 0 spiro atoms. The third-order valence-corrected chi connectivity index (χ3v) is 4.39. The van der Waals surface area contributed by atoms with Crippen molar-refractivity contribution in [1.82, 2.24) is 4.90 Å². The number of morpholine rings is 1. The summed E-state index contributed by atoms with van der Waals surface area (Å²) in [6.07, 6.45) is 0.323. The summed E-state index contributed by atoms with van der Waals surface area (Å²) in [6.45, 7) is 7.64. The Balaban J connectivity index is 1.69. The van der Waals surface area contributed by atoms with Crippen LogP contribution in [0.15, 0.2) is 42.5 Å². The first-order chi connectivity index (χ1) is 11.0. The highest BCUT2D eigenvalue weighted by atomic mass is 16.5. The van der Waals surface area contributed by atoms with Gasteiger partial charge in [-0.15, -0.1) is 0 Å². The molecule has 1 fully saturated rings. The third kappa shape index (κ3) is 3.71. The topological polar surface area (TPSA) is 41.6 Å². The zero-order chi connectivity index (χ0) is 16.4. The average Bonchev–Trinajstić information content (AvgIpc) is 2.53. The van der Waals surface area contributed by atoms with Crippen molar-refractivity contribution in [3.8, 4) is 0 Å². The van der Waals surface area contributed by atoms with Gasteiger partial charge in [0.25, 0.3) is 0 Å². The molecule has 3 rings (SSSR count). The maximum absolute atomic E-state index is 12.6. The summed E-state index contributed by atoms with van der Waals surface area (Å²) in [7, 11) is 0. The second-order valence-electron chi connectivity index (χ2n) is 6.44. The Bertz CT molecular complexity index is 691. The molecule has 1 amide bonds. The summed E-state index contributed by atoms with van der Waals surface area (Å²) in [6, 6.07) is 14.0. The number of benzene rings is 2. The third-order valence-electron chi connectivity index (χ3n) is 4.39. The summed E-state index contributed by atoms with van der Waals surface area (Å²) in [5.41, 5.74) is 0.843. The molecule has 4 heteroatoms. The van der Waals surface area contributed by atoms with Crippen molar-refractivity contribution in [1.29, 1.82) is 0 Å². The number of hydrogen-bond acceptors (Lipinski definition) is 3. The van der Waals surface area contributed by atoms with Crippen LogP contribution >= 0.6 is 0 Å². The van der Waals surface area contributed by atoms with E-state index in [-0.39, 0.29) is 24.2 Å². The van der Waals surface area contributed by atoms with Crippen molar-refractivity contribution in [2.45, 2.75) is 39.0 Å². The molecule has 0 radical (unpaired) electrons. The Morgan fingerprint density at radius 1 is 1.13 bits per heavy atom. The predicted octanol–water partition coefficient (Wildman–Crippen LogP) is 3.28. The molecule has 0 saturated carbocycles. The van der Waals surface area contributed by atoms with Gasteiger partial charge in [-0.2, -0.15) is 0 Å². The van der Waals surface area contributed by atoms with Crippen molar-refractivity contribution in [2.75, 3.05) is 18.4 Å². The molecule has 0 bridgehead atoms. The van der Waals surface area contributed by atoms with Gasteiger partial charge in [-0.1, -0.05) is 30.3 Å². The summed E-state index contributed by atoms with van der Waals surface area (Å²) in [5.74, 6) is 0.0292. The number of rotatable bonds is 3. The van der Waals surface area contributed by atoms with Gasteiger partial charge in [-0.25, -0.2) is 0 Å². The minimum Gasteiger partial charge on any atom is -0.373 e. The van der Waals surface area contributed by atoms with E-state index in [2.05, 4.69) is 36.2 Å². The van der Waals surface area contributed by atoms with Gasteiger partial charge in [-0.05, 0) is 43.7 Å². The smallest absolute Gasteiger partial charge is 0.241 e. The molecule has 2 aromatic rings. The van der Waals surface area contributed by atoms with E-state index in [4.69, 9.17) is 4.74 Å². The second-order valence-corrected chi connectivity index (χ2v) is 6.44. The van der Waals surface area contributed by atoms with E-state index in [1.807, 2.05) is 37.3 Å². The minimum absolute atomic E-state index is 0.0292. The van der Waals surface area contributed by atoms with Gasteiger partial charge in [0.05, 0.1) is 18.2 Å². The van der Waals surface area contributed by atoms with Gasteiger partial charge >= 0.3 is 0 Å². The van der Waals surface area contributed by atoms with Crippen molar-refractivity contribution in [3.05, 3.63) is 42.5 Å². The molecule has 3 atom stereocenters. The Labute approximate surface area is 137 Å². The summed E-state index contributed by atoms with van der Waals surface area (Å²) >= 11 is 0. The van der Waals surface area contributed by atoms with E-state index in [1.165, 1.54) is 5.39 Å². The maximum atomic E-state index is 12.6. The van der Waals surface area contributed by atoms with E-state index in [0.29, 0.717) is 0 Å². The Hall–Kier alpha value is -1.91. The molecule has 0 unspecified atom stereocenters. The lowest BCUT2D eigenvalue weighted by Crippen LogP contribution is -2.52. The van der Waals surface area contributed by atoms with Gasteiger partial charge in [0.15, 0.2) is 0 Å². The molecule has 0 aromatic heterocycles. The monoisotopic (exact) mass is 312 g/mol. The highest BCUT2D eigenvalue weighted by Gasteiger charge is 2.29. The van der Waals surface area contributed by atoms with Crippen LogP contribution < -0.4 is 5.32 Å². The van der Waals surface area contributed by atoms with E-state index < -0.39 is 0 Å². The van der Waals surface area contributed by atoms with Gasteiger partial charge in [0.1, 0.15) is 0 Å². The molecule has 4 nitrogen and oxygen atoms in total. The maximum Gasteiger partial charge on any atom is 0.241 e. The Morgan fingerprint density at radius 2 is 1.78 bits per heavy atom. The van der Waals surface area contributed by atoms with Crippen molar-refractivity contribution >= 4 is 22.4 Å². The first kappa shape index (κ1) is 16.0. The van der Waals surface area contributed by atoms with Crippen molar-refractivity contribution in [3.63, 3.8) is 0 Å². The first-order valence-electron chi connectivity index (χ1n) is 8.22. The summed E-state index contributed by atoms with van der Waals surface area (Å²) in [5, 5.41) is 5.35. The molecule has 1 aliphatic heterocycles. The van der Waals surface area contributed by atoms with Crippen LogP contribution in [-0.2, 0) is 9.53 Å². The van der Waals surface area contributed by atoms with Crippen LogP contribution in [0.2, 0.25) is 0 Å². The molecule has 1 heterocycles. The SMILES string of the molecule is C[C@H]1CN([C@@H](C)C(=O)Nc2ccc3ccccc3c2)C[C@H](C)O1. The van der Waals surface area contributed by atoms with E-state index >= 15 is 0 Å². The number of amides is 1. The standard InChI is InChI=1S/C19H24N2O2/c1-13-11-21(12-14(2)23-13)15(3)19(22)20-18-9-8-16-6-4-5-7-17(16)10-18/h4-10,13-15H,11-12H2,1-3H3,(H,20,22)/t13-,14-,15-/m0/s1. The molecular formula is C19H24N2O2. The minimum atomic E-state index is -0.171. The lowest BCUT2D eigenvalue weighted by molar-refractivity contribution is -0.126. The zero-order valence-electron chi connectivity index (χ0n) is 14.0. The summed E-state index contributed by atoms with van der Waals surface area (Å²) in [4.78, 5) is 14.8. The number of nitrogens with one attached hydrogen (secondary N) is 1. The van der Waals surface area contributed by atoms with Gasteiger partial charge in [0.2, 0.25) is 5.91 Å². The lowest BCUT2D eigenvalue weighted by Gasteiger charge is -2.38.